The van der Waals surface area contributed by atoms with Crippen LogP contribution in [0, 0.1) is 0 Å². The van der Waals surface area contributed by atoms with Gasteiger partial charge in [-0.1, -0.05) is 19.1 Å². The largest absolute Gasteiger partial charge is 0.399 e. The lowest BCUT2D eigenvalue weighted by molar-refractivity contribution is -0.114. The van der Waals surface area contributed by atoms with E-state index in [-0.39, 0.29) is 5.78 Å². The lowest BCUT2D eigenvalue weighted by Crippen LogP contribution is -1.87. The molecule has 0 atom stereocenters. The number of nitrogens with zero attached hydrogens (tertiary/aromatic N) is 1. The van der Waals surface area contributed by atoms with Gasteiger partial charge in [-0.15, -0.1) is 0 Å². The summed E-state index contributed by atoms with van der Waals surface area (Å²) in [4.78, 5) is 19.0. The Kier molecular flexibility index (Phi) is 3.74. The molecule has 4 nitrogen and oxygen atoms in total. The SMILES string of the molecule is CCC(=O)/C=C/c1cc2cc(-c3ccc(N)cc3)[nH]c2cn1. The van der Waals surface area contributed by atoms with Crippen molar-refractivity contribution in [2.45, 2.75) is 13.3 Å². The first-order chi connectivity index (χ1) is 10.7. The van der Waals surface area contributed by atoms with Crippen LogP contribution in [0.2, 0.25) is 0 Å². The van der Waals surface area contributed by atoms with Gasteiger partial charge in [0.1, 0.15) is 0 Å². The van der Waals surface area contributed by atoms with Crippen molar-refractivity contribution >= 4 is 28.4 Å². The fourth-order valence-corrected chi connectivity index (χ4v) is 2.25. The maximum atomic E-state index is 11.3. The molecule has 1 aromatic carbocycles. The van der Waals surface area contributed by atoms with Crippen LogP contribution in [-0.2, 0) is 4.79 Å². The second-order valence-corrected chi connectivity index (χ2v) is 5.15. The number of rotatable bonds is 4. The van der Waals surface area contributed by atoms with Crippen molar-refractivity contribution in [1.82, 2.24) is 9.97 Å². The van der Waals surface area contributed by atoms with Gasteiger partial charge in [0.25, 0.3) is 0 Å². The van der Waals surface area contributed by atoms with E-state index in [4.69, 9.17) is 5.73 Å². The average Bonchev–Trinajstić information content (AvgIpc) is 2.96. The van der Waals surface area contributed by atoms with E-state index in [9.17, 15) is 4.79 Å². The lowest BCUT2D eigenvalue weighted by Gasteiger charge is -1.97. The highest BCUT2D eigenvalue weighted by Gasteiger charge is 2.04. The molecule has 0 spiro atoms. The molecule has 110 valence electrons. The molecule has 2 aromatic heterocycles. The number of nitrogen functional groups attached to an aromatic ring is 1. The summed E-state index contributed by atoms with van der Waals surface area (Å²) in [5, 5.41) is 1.06. The number of allylic oxidation sites excluding steroid dienone is 1. The van der Waals surface area contributed by atoms with E-state index in [0.717, 1.165) is 33.5 Å². The number of aromatic nitrogens is 2. The summed E-state index contributed by atoms with van der Waals surface area (Å²) in [5.74, 6) is 0.0959. The number of hydrogen-bond donors (Lipinski definition) is 2. The van der Waals surface area contributed by atoms with Gasteiger partial charge in [0.05, 0.1) is 17.4 Å². The Hall–Kier alpha value is -2.88. The van der Waals surface area contributed by atoms with Gasteiger partial charge in [-0.05, 0) is 42.0 Å². The fraction of sp³-hybridized carbons (Fsp3) is 0.111. The molecule has 0 aliphatic rings. The Bertz CT molecular complexity index is 844. The van der Waals surface area contributed by atoms with Crippen LogP contribution in [0.4, 0.5) is 5.69 Å². The Morgan fingerprint density at radius 1 is 1.27 bits per heavy atom. The molecule has 0 radical (unpaired) electrons. The maximum absolute atomic E-state index is 11.3. The third kappa shape index (κ3) is 2.91. The van der Waals surface area contributed by atoms with Crippen molar-refractivity contribution in [2.24, 2.45) is 0 Å². The Morgan fingerprint density at radius 2 is 2.05 bits per heavy atom. The van der Waals surface area contributed by atoms with Crippen molar-refractivity contribution in [3.63, 3.8) is 0 Å². The van der Waals surface area contributed by atoms with E-state index in [1.807, 2.05) is 37.3 Å². The molecule has 0 fully saturated rings. The number of nitrogens with one attached hydrogen (secondary N) is 1. The van der Waals surface area contributed by atoms with Crippen LogP contribution in [-0.4, -0.2) is 15.8 Å². The van der Waals surface area contributed by atoms with Crippen molar-refractivity contribution in [3.05, 3.63) is 54.4 Å². The van der Waals surface area contributed by atoms with E-state index in [2.05, 4.69) is 16.0 Å². The molecule has 0 saturated heterocycles. The summed E-state index contributed by atoms with van der Waals surface area (Å²) < 4.78 is 0. The quantitative estimate of drug-likeness (QED) is 0.567. The van der Waals surface area contributed by atoms with Crippen LogP contribution >= 0.6 is 0 Å². The zero-order valence-corrected chi connectivity index (χ0v) is 12.3. The first-order valence-electron chi connectivity index (χ1n) is 7.21. The minimum absolute atomic E-state index is 0.0959. The molecule has 0 aliphatic carbocycles. The highest BCUT2D eigenvalue weighted by molar-refractivity contribution is 5.94. The third-order valence-corrected chi connectivity index (χ3v) is 3.54. The number of nitrogens with two attached hydrogens (primary N) is 1. The highest BCUT2D eigenvalue weighted by Crippen LogP contribution is 2.25. The standard InChI is InChI=1S/C18H17N3O/c1-2-16(22)8-7-15-9-13-10-17(21-18(13)11-20-15)12-3-5-14(19)6-4-12/h3-11,21H,2,19H2,1H3/b8-7+. The van der Waals surface area contributed by atoms with Gasteiger partial charge < -0.3 is 10.7 Å². The summed E-state index contributed by atoms with van der Waals surface area (Å²) >= 11 is 0. The number of hydrogen-bond acceptors (Lipinski definition) is 3. The van der Waals surface area contributed by atoms with E-state index in [1.54, 1.807) is 18.3 Å². The number of aromatic amines is 1. The van der Waals surface area contributed by atoms with Gasteiger partial charge in [-0.3, -0.25) is 9.78 Å². The van der Waals surface area contributed by atoms with Crippen molar-refractivity contribution in [3.8, 4) is 11.3 Å². The first-order valence-corrected chi connectivity index (χ1v) is 7.21. The topological polar surface area (TPSA) is 71.8 Å². The molecule has 0 unspecified atom stereocenters. The predicted molar refractivity (Wildman–Crippen MR) is 90.3 cm³/mol. The number of carbonyl (C=O) groups excluding carboxylic acids is 1. The molecule has 0 bridgehead atoms. The molecule has 22 heavy (non-hydrogen) atoms. The van der Waals surface area contributed by atoms with Crippen LogP contribution in [0.5, 0.6) is 0 Å². The Labute approximate surface area is 128 Å². The van der Waals surface area contributed by atoms with Gasteiger partial charge >= 0.3 is 0 Å². The van der Waals surface area contributed by atoms with Gasteiger partial charge in [0.2, 0.25) is 0 Å². The summed E-state index contributed by atoms with van der Waals surface area (Å²) in [6.45, 7) is 1.84. The monoisotopic (exact) mass is 291 g/mol. The van der Waals surface area contributed by atoms with Gasteiger partial charge in [-0.25, -0.2) is 0 Å². The van der Waals surface area contributed by atoms with Crippen LogP contribution < -0.4 is 5.73 Å². The Balaban J connectivity index is 1.95. The number of benzene rings is 1. The molecule has 4 heteroatoms. The lowest BCUT2D eigenvalue weighted by atomic mass is 10.1. The third-order valence-electron chi connectivity index (χ3n) is 3.54. The second kappa shape index (κ2) is 5.85. The molecular weight excluding hydrogens is 274 g/mol. The van der Waals surface area contributed by atoms with E-state index >= 15 is 0 Å². The van der Waals surface area contributed by atoms with E-state index in [1.165, 1.54) is 0 Å². The van der Waals surface area contributed by atoms with E-state index in [0.29, 0.717) is 6.42 Å². The number of ketones is 1. The summed E-state index contributed by atoms with van der Waals surface area (Å²) in [5.41, 5.74) is 10.3. The molecule has 0 aliphatic heterocycles. The zero-order valence-electron chi connectivity index (χ0n) is 12.3. The predicted octanol–water partition coefficient (Wildman–Crippen LogP) is 3.80. The molecule has 3 rings (SSSR count). The van der Waals surface area contributed by atoms with Crippen molar-refractivity contribution < 1.29 is 4.79 Å². The summed E-state index contributed by atoms with van der Waals surface area (Å²) in [7, 11) is 0. The van der Waals surface area contributed by atoms with Crippen LogP contribution in [0.3, 0.4) is 0 Å². The van der Waals surface area contributed by atoms with Crippen molar-refractivity contribution in [2.75, 3.05) is 5.73 Å². The second-order valence-electron chi connectivity index (χ2n) is 5.15. The number of H-pyrrole nitrogens is 1. The number of pyridine rings is 1. The smallest absolute Gasteiger partial charge is 0.155 e. The summed E-state index contributed by atoms with van der Waals surface area (Å²) in [6, 6.07) is 11.8. The van der Waals surface area contributed by atoms with E-state index < -0.39 is 0 Å². The molecule has 2 heterocycles. The Morgan fingerprint density at radius 3 is 2.77 bits per heavy atom. The first kappa shape index (κ1) is 14.1. The number of fused-ring (bicyclic) bond motifs is 1. The van der Waals surface area contributed by atoms with Crippen LogP contribution in [0.25, 0.3) is 28.2 Å². The maximum Gasteiger partial charge on any atom is 0.155 e. The van der Waals surface area contributed by atoms with Crippen LogP contribution in [0.15, 0.2) is 48.7 Å². The average molecular weight is 291 g/mol. The van der Waals surface area contributed by atoms with Crippen LogP contribution in [0.1, 0.15) is 19.0 Å². The highest BCUT2D eigenvalue weighted by atomic mass is 16.1. The zero-order chi connectivity index (χ0) is 15.5. The van der Waals surface area contributed by atoms with Gasteiger partial charge in [-0.2, -0.15) is 0 Å². The number of anilines is 1. The minimum atomic E-state index is 0.0959. The molecule has 0 saturated carbocycles. The van der Waals surface area contributed by atoms with Crippen molar-refractivity contribution in [1.29, 1.82) is 0 Å². The minimum Gasteiger partial charge on any atom is -0.399 e. The molecule has 0 amide bonds. The molecular formula is C18H17N3O. The normalized spacial score (nSPS) is 11.3. The number of carbonyl (C=O) groups is 1. The molecule has 3 N–H and O–H groups in total. The van der Waals surface area contributed by atoms with Gasteiger partial charge in [0.15, 0.2) is 5.78 Å². The molecule has 3 aromatic rings. The van der Waals surface area contributed by atoms with Gasteiger partial charge in [0, 0.05) is 23.2 Å². The fourth-order valence-electron chi connectivity index (χ4n) is 2.25. The summed E-state index contributed by atoms with van der Waals surface area (Å²) in [6.07, 6.45) is 5.61.